The van der Waals surface area contributed by atoms with Crippen LogP contribution in [0.3, 0.4) is 0 Å². The molecular weight excluding hydrogens is 580 g/mol. The van der Waals surface area contributed by atoms with Gasteiger partial charge in [0.15, 0.2) is 28.8 Å². The molecule has 10 atom stereocenters. The number of ether oxygens (including phenoxy) is 3. The number of fused-ring (bicyclic) bond motifs is 1. The summed E-state index contributed by atoms with van der Waals surface area (Å²) in [7, 11) is 0. The molecule has 0 bridgehead atoms. The first-order valence-corrected chi connectivity index (χ1v) is 13.0. The van der Waals surface area contributed by atoms with E-state index in [0.29, 0.717) is 0 Å². The lowest BCUT2D eigenvalue weighted by molar-refractivity contribution is -0.342. The molecule has 2 saturated heterocycles. The van der Waals surface area contributed by atoms with Crippen LogP contribution in [0.2, 0.25) is 0 Å². The summed E-state index contributed by atoms with van der Waals surface area (Å²) < 4.78 is 22.7. The monoisotopic (exact) mass is 610 g/mol. The zero-order chi connectivity index (χ0) is 31.3. The van der Waals surface area contributed by atoms with Crippen LogP contribution < -0.4 is 5.43 Å². The second-order valence-electron chi connectivity index (χ2n) is 10.3. The van der Waals surface area contributed by atoms with Crippen molar-refractivity contribution >= 4 is 11.0 Å². The van der Waals surface area contributed by atoms with Crippen LogP contribution in [0.15, 0.2) is 39.5 Å². The molecule has 16 heteroatoms. The highest BCUT2D eigenvalue weighted by atomic mass is 16.7. The van der Waals surface area contributed by atoms with Crippen molar-refractivity contribution in [1.29, 1.82) is 0 Å². The smallest absolute Gasteiger partial charge is 0.197 e. The Hall–Kier alpha value is -3.55. The van der Waals surface area contributed by atoms with Gasteiger partial charge in [-0.3, -0.25) is 4.79 Å². The Morgan fingerprint density at radius 2 is 1.35 bits per heavy atom. The van der Waals surface area contributed by atoms with Crippen LogP contribution in [-0.4, -0.2) is 125 Å². The van der Waals surface area contributed by atoms with E-state index >= 15 is 0 Å². The van der Waals surface area contributed by atoms with E-state index in [0.717, 1.165) is 24.3 Å². The van der Waals surface area contributed by atoms with Crippen molar-refractivity contribution < 1.29 is 74.8 Å². The molecule has 43 heavy (non-hydrogen) atoms. The lowest BCUT2D eigenvalue weighted by Crippen LogP contribution is -2.62. The topological polar surface area (TPSA) is 280 Å². The first-order chi connectivity index (χ1) is 20.4. The van der Waals surface area contributed by atoms with Gasteiger partial charge in [-0.2, -0.15) is 0 Å². The van der Waals surface area contributed by atoms with Crippen molar-refractivity contribution in [1.82, 2.24) is 0 Å². The molecule has 0 spiro atoms. The number of aliphatic hydroxyl groups excluding tert-OH is 7. The fraction of sp³-hybridized carbons (Fsp3) is 0.444. The minimum atomic E-state index is -1.95. The van der Waals surface area contributed by atoms with Gasteiger partial charge in [-0.1, -0.05) is 0 Å². The Morgan fingerprint density at radius 1 is 0.698 bits per heavy atom. The molecule has 2 aromatic carbocycles. The van der Waals surface area contributed by atoms with Crippen LogP contribution in [0.25, 0.3) is 22.3 Å². The fourth-order valence-corrected chi connectivity index (χ4v) is 5.22. The van der Waals surface area contributed by atoms with Gasteiger partial charge in [-0.05, 0) is 18.2 Å². The van der Waals surface area contributed by atoms with E-state index in [1.165, 1.54) is 6.07 Å². The van der Waals surface area contributed by atoms with Crippen molar-refractivity contribution in [3.05, 3.63) is 46.1 Å². The van der Waals surface area contributed by atoms with Crippen LogP contribution in [0, 0.1) is 0 Å². The van der Waals surface area contributed by atoms with Crippen molar-refractivity contribution in [2.45, 2.75) is 61.2 Å². The zero-order valence-electron chi connectivity index (χ0n) is 22.0. The molecule has 5 rings (SSSR count). The Labute approximate surface area is 241 Å². The summed E-state index contributed by atoms with van der Waals surface area (Å²) in [5.41, 5.74) is -1.66. The zero-order valence-corrected chi connectivity index (χ0v) is 22.0. The Balaban J connectivity index is 1.67. The van der Waals surface area contributed by atoms with Crippen molar-refractivity contribution in [2.24, 2.45) is 0 Å². The molecule has 0 saturated carbocycles. The number of aromatic hydroxyl groups is 4. The van der Waals surface area contributed by atoms with Gasteiger partial charge in [0, 0.05) is 17.7 Å². The van der Waals surface area contributed by atoms with Crippen molar-refractivity contribution in [2.75, 3.05) is 13.2 Å². The standard InChI is InChI=1S/C27H30O16/c28-6-15-20(36)22(38)26(43-27-23(39)21(37)19(35)16(7-29)42-27)25(41-15)18-12(33)4-11(32)17-13(34)5-14(40-24(17)18)8-1-2-9(30)10(31)3-8/h1-5,15-16,19-23,25-33,35-39H,6-7H2/t15-,16-,19-,20-,21+,22+,23+,25+,26-,27+/m1/s1. The first-order valence-electron chi connectivity index (χ1n) is 13.0. The minimum absolute atomic E-state index is 0.0884. The second kappa shape index (κ2) is 11.9. The molecule has 16 nitrogen and oxygen atoms in total. The summed E-state index contributed by atoms with van der Waals surface area (Å²) in [6, 6.07) is 5.24. The van der Waals surface area contributed by atoms with E-state index in [-0.39, 0.29) is 11.3 Å². The Kier molecular flexibility index (Phi) is 8.52. The van der Waals surface area contributed by atoms with Gasteiger partial charge in [0.1, 0.15) is 77.6 Å². The van der Waals surface area contributed by atoms with E-state index in [4.69, 9.17) is 18.6 Å². The quantitative estimate of drug-likeness (QED) is 0.130. The lowest BCUT2D eigenvalue weighted by Gasteiger charge is -2.46. The highest BCUT2D eigenvalue weighted by Gasteiger charge is 2.52. The maximum Gasteiger partial charge on any atom is 0.197 e. The number of hydrogen-bond donors (Lipinski definition) is 11. The summed E-state index contributed by atoms with van der Waals surface area (Å²) in [6.07, 6.45) is -17.7. The largest absolute Gasteiger partial charge is 0.507 e. The fourth-order valence-electron chi connectivity index (χ4n) is 5.22. The molecule has 1 aromatic heterocycles. The van der Waals surface area contributed by atoms with Gasteiger partial charge in [-0.15, -0.1) is 0 Å². The summed E-state index contributed by atoms with van der Waals surface area (Å²) in [5, 5.41) is 113. The van der Waals surface area contributed by atoms with Crippen molar-refractivity contribution in [3.8, 4) is 34.3 Å². The number of benzene rings is 2. The van der Waals surface area contributed by atoms with E-state index in [1.807, 2.05) is 0 Å². The summed E-state index contributed by atoms with van der Waals surface area (Å²) in [6.45, 7) is -1.66. The maximum atomic E-state index is 13.2. The van der Waals surface area contributed by atoms with Gasteiger partial charge in [0.05, 0.1) is 18.8 Å². The van der Waals surface area contributed by atoms with Crippen LogP contribution in [0.4, 0.5) is 0 Å². The highest BCUT2D eigenvalue weighted by Crippen LogP contribution is 2.45. The highest BCUT2D eigenvalue weighted by molar-refractivity contribution is 5.89. The maximum absolute atomic E-state index is 13.2. The molecule has 2 aliphatic heterocycles. The van der Waals surface area contributed by atoms with Crippen LogP contribution >= 0.6 is 0 Å². The van der Waals surface area contributed by atoms with Crippen LogP contribution in [-0.2, 0) is 14.2 Å². The number of aliphatic hydroxyl groups is 7. The summed E-state index contributed by atoms with van der Waals surface area (Å²) in [4.78, 5) is 13.2. The minimum Gasteiger partial charge on any atom is -0.507 e. The molecule has 0 amide bonds. The van der Waals surface area contributed by atoms with Gasteiger partial charge in [0.25, 0.3) is 0 Å². The average molecular weight is 611 g/mol. The Bertz CT molecular complexity index is 1540. The third-order valence-electron chi connectivity index (χ3n) is 7.55. The molecule has 2 aliphatic rings. The third-order valence-corrected chi connectivity index (χ3v) is 7.55. The molecule has 0 radical (unpaired) electrons. The van der Waals surface area contributed by atoms with Gasteiger partial charge < -0.3 is 74.8 Å². The molecular formula is C27H30O16. The van der Waals surface area contributed by atoms with E-state index in [1.54, 1.807) is 0 Å². The number of phenols is 4. The average Bonchev–Trinajstić information content (AvgIpc) is 2.97. The van der Waals surface area contributed by atoms with Crippen molar-refractivity contribution in [3.63, 3.8) is 0 Å². The van der Waals surface area contributed by atoms with E-state index in [9.17, 15) is 61.0 Å². The predicted octanol–water partition coefficient (Wildman–Crippen LogP) is -2.38. The molecule has 11 N–H and O–H groups in total. The van der Waals surface area contributed by atoms with E-state index < -0.39 is 119 Å². The molecule has 234 valence electrons. The summed E-state index contributed by atoms with van der Waals surface area (Å²) in [5.74, 6) is -2.70. The molecule has 0 aliphatic carbocycles. The summed E-state index contributed by atoms with van der Waals surface area (Å²) >= 11 is 0. The molecule has 3 aromatic rings. The van der Waals surface area contributed by atoms with Gasteiger partial charge in [-0.25, -0.2) is 0 Å². The SMILES string of the molecule is O=c1cc(-c2ccc(O)c(O)c2)oc2c([C@@H]3O[C@H](CO)[C@@H](O)[C@H](O)[C@H]3O[C@@H]3O[C@H](CO)[C@@H](O)[C@H](O)[C@@H]3O)c(O)cc(O)c12. The molecule has 2 fully saturated rings. The number of rotatable bonds is 6. The molecule has 0 unspecified atom stereocenters. The normalized spacial score (nSPS) is 33.1. The van der Waals surface area contributed by atoms with Crippen LogP contribution in [0.1, 0.15) is 11.7 Å². The predicted molar refractivity (Wildman–Crippen MR) is 140 cm³/mol. The van der Waals surface area contributed by atoms with Gasteiger partial charge in [0.2, 0.25) is 0 Å². The van der Waals surface area contributed by atoms with E-state index in [2.05, 4.69) is 0 Å². The van der Waals surface area contributed by atoms with Crippen LogP contribution in [0.5, 0.6) is 23.0 Å². The Morgan fingerprint density at radius 3 is 2.00 bits per heavy atom. The number of hydrogen-bond acceptors (Lipinski definition) is 16. The molecule has 3 heterocycles. The lowest BCUT2D eigenvalue weighted by atomic mass is 9.89. The first kappa shape index (κ1) is 30.9. The van der Waals surface area contributed by atoms with Gasteiger partial charge >= 0.3 is 0 Å². The third kappa shape index (κ3) is 5.38. The second-order valence-corrected chi connectivity index (χ2v) is 10.3. The number of phenolic OH excluding ortho intramolecular Hbond substituents is 4.